The molecule has 0 spiro atoms. The standard InChI is InChI=1S/C13H26N2O4/c1-10(2)9-19-7-5-6-14-13(18)15(4)8-11(3)12(16)17/h10-11H,5-9H2,1-4H3,(H,14,18)(H,16,17). The number of aliphatic carboxylic acids is 1. The van der Waals surface area contributed by atoms with Gasteiger partial charge in [-0.2, -0.15) is 0 Å². The Morgan fingerprint density at radius 1 is 1.32 bits per heavy atom. The van der Waals surface area contributed by atoms with Gasteiger partial charge in [0.05, 0.1) is 5.92 Å². The minimum absolute atomic E-state index is 0.199. The van der Waals surface area contributed by atoms with Gasteiger partial charge in [-0.1, -0.05) is 20.8 Å². The van der Waals surface area contributed by atoms with Crippen LogP contribution in [0.3, 0.4) is 0 Å². The minimum Gasteiger partial charge on any atom is -0.481 e. The van der Waals surface area contributed by atoms with Gasteiger partial charge < -0.3 is 20.1 Å². The number of rotatable bonds is 9. The van der Waals surface area contributed by atoms with E-state index in [9.17, 15) is 9.59 Å². The molecule has 1 atom stereocenters. The third-order valence-electron chi connectivity index (χ3n) is 2.51. The highest BCUT2D eigenvalue weighted by molar-refractivity contribution is 5.75. The van der Waals surface area contributed by atoms with E-state index < -0.39 is 11.9 Å². The molecule has 0 heterocycles. The number of ether oxygens (including phenoxy) is 1. The molecule has 0 aromatic heterocycles. The van der Waals surface area contributed by atoms with Gasteiger partial charge in [0.1, 0.15) is 0 Å². The van der Waals surface area contributed by atoms with Crippen molar-refractivity contribution in [3.8, 4) is 0 Å². The van der Waals surface area contributed by atoms with Gasteiger partial charge in [-0.3, -0.25) is 4.79 Å². The average molecular weight is 274 g/mol. The summed E-state index contributed by atoms with van der Waals surface area (Å²) in [6.07, 6.45) is 0.751. The Balaban J connectivity index is 3.65. The number of nitrogens with one attached hydrogen (secondary N) is 1. The van der Waals surface area contributed by atoms with Crippen LogP contribution in [0.1, 0.15) is 27.2 Å². The molecule has 0 aromatic carbocycles. The highest BCUT2D eigenvalue weighted by Gasteiger charge is 2.16. The van der Waals surface area contributed by atoms with Crippen molar-refractivity contribution < 1.29 is 19.4 Å². The molecule has 0 saturated carbocycles. The summed E-state index contributed by atoms with van der Waals surface area (Å²) in [4.78, 5) is 23.7. The zero-order valence-electron chi connectivity index (χ0n) is 12.3. The van der Waals surface area contributed by atoms with Crippen LogP contribution in [0.5, 0.6) is 0 Å². The van der Waals surface area contributed by atoms with E-state index in [4.69, 9.17) is 9.84 Å². The number of carbonyl (C=O) groups is 2. The van der Waals surface area contributed by atoms with Crippen LogP contribution in [0.15, 0.2) is 0 Å². The zero-order chi connectivity index (χ0) is 14.8. The van der Waals surface area contributed by atoms with Crippen LogP contribution >= 0.6 is 0 Å². The lowest BCUT2D eigenvalue weighted by Crippen LogP contribution is -2.41. The summed E-state index contributed by atoms with van der Waals surface area (Å²) in [7, 11) is 1.59. The van der Waals surface area contributed by atoms with Crippen molar-refractivity contribution in [2.45, 2.75) is 27.2 Å². The van der Waals surface area contributed by atoms with E-state index in [2.05, 4.69) is 19.2 Å². The molecule has 6 nitrogen and oxygen atoms in total. The first-order valence-corrected chi connectivity index (χ1v) is 6.64. The summed E-state index contributed by atoms with van der Waals surface area (Å²) in [5, 5.41) is 11.5. The van der Waals surface area contributed by atoms with Crippen LogP contribution in [0.2, 0.25) is 0 Å². The molecule has 2 amide bonds. The van der Waals surface area contributed by atoms with Crippen LogP contribution < -0.4 is 5.32 Å². The molecule has 2 N–H and O–H groups in total. The number of carbonyl (C=O) groups excluding carboxylic acids is 1. The van der Waals surface area contributed by atoms with Crippen LogP contribution in [0, 0.1) is 11.8 Å². The maximum Gasteiger partial charge on any atom is 0.317 e. The second-order valence-corrected chi connectivity index (χ2v) is 5.17. The lowest BCUT2D eigenvalue weighted by atomic mass is 10.2. The molecule has 0 aliphatic rings. The Kier molecular flexibility index (Phi) is 8.95. The van der Waals surface area contributed by atoms with Crippen LogP contribution in [0.25, 0.3) is 0 Å². The number of carboxylic acid groups (broad SMARTS) is 1. The van der Waals surface area contributed by atoms with Gasteiger partial charge in [0.2, 0.25) is 0 Å². The molecule has 0 aromatic rings. The first-order chi connectivity index (χ1) is 8.84. The average Bonchev–Trinajstić information content (AvgIpc) is 2.32. The number of amides is 2. The van der Waals surface area contributed by atoms with Crippen molar-refractivity contribution in [1.82, 2.24) is 10.2 Å². The fourth-order valence-corrected chi connectivity index (χ4v) is 1.40. The zero-order valence-corrected chi connectivity index (χ0v) is 12.3. The van der Waals surface area contributed by atoms with Gasteiger partial charge in [-0.25, -0.2) is 4.79 Å². The second kappa shape index (κ2) is 9.61. The summed E-state index contributed by atoms with van der Waals surface area (Å²) in [6.45, 7) is 7.82. The SMILES string of the molecule is CC(C)COCCCNC(=O)N(C)CC(C)C(=O)O. The molecule has 19 heavy (non-hydrogen) atoms. The van der Waals surface area contributed by atoms with Crippen molar-refractivity contribution in [3.05, 3.63) is 0 Å². The molecule has 1 unspecified atom stereocenters. The maximum atomic E-state index is 11.6. The third-order valence-corrected chi connectivity index (χ3v) is 2.51. The first-order valence-electron chi connectivity index (χ1n) is 6.64. The quantitative estimate of drug-likeness (QED) is 0.623. The third kappa shape index (κ3) is 9.30. The first kappa shape index (κ1) is 17.7. The number of carboxylic acids is 1. The molecule has 0 aliphatic carbocycles. The van der Waals surface area contributed by atoms with Gasteiger partial charge in [0.25, 0.3) is 0 Å². The normalized spacial score (nSPS) is 12.3. The number of nitrogens with zero attached hydrogens (tertiary/aromatic N) is 1. The predicted octanol–water partition coefficient (Wildman–Crippen LogP) is 1.41. The summed E-state index contributed by atoms with van der Waals surface area (Å²) in [5.41, 5.74) is 0. The number of hydrogen-bond acceptors (Lipinski definition) is 3. The lowest BCUT2D eigenvalue weighted by Gasteiger charge is -2.20. The predicted molar refractivity (Wildman–Crippen MR) is 73.1 cm³/mol. The van der Waals surface area contributed by atoms with Crippen molar-refractivity contribution in [2.75, 3.05) is 33.4 Å². The van der Waals surface area contributed by atoms with Gasteiger partial charge in [-0.05, 0) is 12.3 Å². The minimum atomic E-state index is -0.901. The van der Waals surface area contributed by atoms with Gasteiger partial charge in [0, 0.05) is 33.4 Å². The monoisotopic (exact) mass is 274 g/mol. The summed E-state index contributed by atoms with van der Waals surface area (Å²) < 4.78 is 5.39. The van der Waals surface area contributed by atoms with E-state index in [0.29, 0.717) is 19.1 Å². The number of urea groups is 1. The molecule has 0 saturated heterocycles. The molecule has 112 valence electrons. The lowest BCUT2D eigenvalue weighted by molar-refractivity contribution is -0.141. The van der Waals surface area contributed by atoms with E-state index >= 15 is 0 Å². The Morgan fingerprint density at radius 3 is 2.47 bits per heavy atom. The van der Waals surface area contributed by atoms with Gasteiger partial charge in [0.15, 0.2) is 0 Å². The number of hydrogen-bond donors (Lipinski definition) is 2. The van der Waals surface area contributed by atoms with Crippen molar-refractivity contribution in [3.63, 3.8) is 0 Å². The van der Waals surface area contributed by atoms with Crippen LogP contribution in [0.4, 0.5) is 4.79 Å². The van der Waals surface area contributed by atoms with Crippen LogP contribution in [-0.2, 0) is 9.53 Å². The van der Waals surface area contributed by atoms with E-state index in [1.54, 1.807) is 14.0 Å². The summed E-state index contributed by atoms with van der Waals surface area (Å²) in [5.74, 6) is -0.954. The van der Waals surface area contributed by atoms with Crippen molar-refractivity contribution in [2.24, 2.45) is 11.8 Å². The van der Waals surface area contributed by atoms with E-state index in [1.807, 2.05) is 0 Å². The van der Waals surface area contributed by atoms with Crippen LogP contribution in [-0.4, -0.2) is 55.4 Å². The maximum absolute atomic E-state index is 11.6. The summed E-state index contributed by atoms with van der Waals surface area (Å²) >= 11 is 0. The molecule has 0 radical (unpaired) electrons. The fourth-order valence-electron chi connectivity index (χ4n) is 1.40. The molecule has 0 rings (SSSR count). The molecule has 6 heteroatoms. The molecular formula is C13H26N2O4. The highest BCUT2D eigenvalue weighted by Crippen LogP contribution is 1.98. The Bertz CT molecular complexity index is 282. The largest absolute Gasteiger partial charge is 0.481 e. The Hall–Kier alpha value is -1.30. The Labute approximate surface area is 115 Å². The van der Waals surface area contributed by atoms with Crippen molar-refractivity contribution >= 4 is 12.0 Å². The molecule has 0 aliphatic heterocycles. The molecule has 0 fully saturated rings. The highest BCUT2D eigenvalue weighted by atomic mass is 16.5. The second-order valence-electron chi connectivity index (χ2n) is 5.17. The van der Waals surface area contributed by atoms with E-state index in [0.717, 1.165) is 13.0 Å². The van der Waals surface area contributed by atoms with E-state index in [1.165, 1.54) is 4.90 Å². The molecular weight excluding hydrogens is 248 g/mol. The fraction of sp³-hybridized carbons (Fsp3) is 0.846. The summed E-state index contributed by atoms with van der Waals surface area (Å²) in [6, 6.07) is -0.253. The van der Waals surface area contributed by atoms with E-state index in [-0.39, 0.29) is 12.6 Å². The molecule has 0 bridgehead atoms. The smallest absolute Gasteiger partial charge is 0.317 e. The van der Waals surface area contributed by atoms with Crippen molar-refractivity contribution in [1.29, 1.82) is 0 Å². The topological polar surface area (TPSA) is 78.9 Å². The Morgan fingerprint density at radius 2 is 1.95 bits per heavy atom. The van der Waals surface area contributed by atoms with Gasteiger partial charge in [-0.15, -0.1) is 0 Å². The van der Waals surface area contributed by atoms with Gasteiger partial charge >= 0.3 is 12.0 Å².